The van der Waals surface area contributed by atoms with Gasteiger partial charge in [0.25, 0.3) is 5.91 Å². The molecule has 0 saturated heterocycles. The number of amides is 1. The van der Waals surface area contributed by atoms with Crippen LogP contribution in [0.3, 0.4) is 0 Å². The van der Waals surface area contributed by atoms with Gasteiger partial charge < -0.3 is 0 Å². The Morgan fingerprint density at radius 3 is 3.00 bits per heavy atom. The lowest BCUT2D eigenvalue weighted by Crippen LogP contribution is -2.29. The molecule has 10 heavy (non-hydrogen) atoms. The summed E-state index contributed by atoms with van der Waals surface area (Å²) in [4.78, 5) is 10.8. The first kappa shape index (κ1) is 5.44. The van der Waals surface area contributed by atoms with Crippen LogP contribution < -0.4 is 11.3 Å². The number of hydrazine groups is 1. The SMILES string of the molecule is [2H]c1cccc(C(=O)NN)c1. The van der Waals surface area contributed by atoms with Crippen molar-refractivity contribution in [1.82, 2.24) is 5.43 Å². The average molecular weight is 137 g/mol. The van der Waals surface area contributed by atoms with Crippen LogP contribution in [0.5, 0.6) is 0 Å². The highest BCUT2D eigenvalue weighted by Gasteiger charge is 1.98. The van der Waals surface area contributed by atoms with E-state index in [0.717, 1.165) is 0 Å². The van der Waals surface area contributed by atoms with E-state index >= 15 is 0 Å². The Kier molecular flexibility index (Phi) is 1.62. The molecule has 1 aromatic carbocycles. The third-order valence-electron chi connectivity index (χ3n) is 1.10. The number of nitrogens with two attached hydrogens (primary N) is 1. The second-order valence-electron chi connectivity index (χ2n) is 1.77. The second kappa shape index (κ2) is 2.98. The van der Waals surface area contributed by atoms with Crippen LogP contribution in [0.2, 0.25) is 0 Å². The van der Waals surface area contributed by atoms with Crippen LogP contribution in [0.25, 0.3) is 0 Å². The molecule has 0 aliphatic rings. The summed E-state index contributed by atoms with van der Waals surface area (Å²) in [6.45, 7) is 0. The van der Waals surface area contributed by atoms with Crippen LogP contribution in [0.15, 0.2) is 30.3 Å². The van der Waals surface area contributed by atoms with Crippen molar-refractivity contribution in [1.29, 1.82) is 0 Å². The van der Waals surface area contributed by atoms with Gasteiger partial charge in [-0.2, -0.15) is 0 Å². The summed E-state index contributed by atoms with van der Waals surface area (Å²) in [5.41, 5.74) is 2.39. The predicted octanol–water partition coefficient (Wildman–Crippen LogP) is 0.290. The number of rotatable bonds is 1. The Bertz CT molecular complexity index is 275. The van der Waals surface area contributed by atoms with E-state index in [1.54, 1.807) is 18.2 Å². The fraction of sp³-hybridized carbons (Fsp3) is 0. The highest BCUT2D eigenvalue weighted by Crippen LogP contribution is 1.95. The summed E-state index contributed by atoms with van der Waals surface area (Å²) in [6.07, 6.45) is 0. The van der Waals surface area contributed by atoms with Crippen molar-refractivity contribution in [3.8, 4) is 0 Å². The molecule has 0 saturated carbocycles. The highest BCUT2D eigenvalue weighted by molar-refractivity contribution is 5.93. The lowest BCUT2D eigenvalue weighted by molar-refractivity contribution is 0.0953. The summed E-state index contributed by atoms with van der Waals surface area (Å²) < 4.78 is 7.18. The van der Waals surface area contributed by atoms with E-state index < -0.39 is 0 Å². The number of nitrogens with one attached hydrogen (secondary N) is 1. The molecule has 0 radical (unpaired) electrons. The van der Waals surface area contributed by atoms with Gasteiger partial charge in [0.05, 0.1) is 1.37 Å². The molecule has 52 valence electrons. The van der Waals surface area contributed by atoms with Gasteiger partial charge >= 0.3 is 0 Å². The first-order valence-corrected chi connectivity index (χ1v) is 2.81. The standard InChI is InChI=1S/C7H8N2O/c8-9-7(10)6-4-2-1-3-5-6/h1-5H,8H2,(H,9,10)/i2D. The summed E-state index contributed by atoms with van der Waals surface area (Å²) in [5.74, 6) is 4.52. The minimum Gasteiger partial charge on any atom is -0.290 e. The van der Waals surface area contributed by atoms with Crippen molar-refractivity contribution in [2.24, 2.45) is 5.84 Å². The van der Waals surface area contributed by atoms with E-state index in [0.29, 0.717) is 11.6 Å². The van der Waals surface area contributed by atoms with Crippen LogP contribution in [-0.2, 0) is 0 Å². The lowest BCUT2D eigenvalue weighted by Gasteiger charge is -1.95. The molecule has 3 nitrogen and oxygen atoms in total. The van der Waals surface area contributed by atoms with Crippen LogP contribution >= 0.6 is 0 Å². The van der Waals surface area contributed by atoms with Gasteiger partial charge in [-0.3, -0.25) is 10.2 Å². The molecule has 1 rings (SSSR count). The monoisotopic (exact) mass is 137 g/mol. The number of nitrogen functional groups attached to an aromatic ring is 1. The van der Waals surface area contributed by atoms with Crippen molar-refractivity contribution in [2.45, 2.75) is 0 Å². The quantitative estimate of drug-likeness (QED) is 0.332. The van der Waals surface area contributed by atoms with Crippen LogP contribution in [0, 0.1) is 0 Å². The third-order valence-corrected chi connectivity index (χ3v) is 1.10. The van der Waals surface area contributed by atoms with Crippen LogP contribution in [0.1, 0.15) is 11.7 Å². The van der Waals surface area contributed by atoms with Gasteiger partial charge in [0.2, 0.25) is 0 Å². The van der Waals surface area contributed by atoms with Gasteiger partial charge in [0.15, 0.2) is 0 Å². The van der Waals surface area contributed by atoms with Crippen molar-refractivity contribution < 1.29 is 6.17 Å². The topological polar surface area (TPSA) is 55.1 Å². The number of carbonyl (C=O) groups excluding carboxylic acids is 1. The van der Waals surface area contributed by atoms with E-state index in [9.17, 15) is 4.79 Å². The fourth-order valence-electron chi connectivity index (χ4n) is 0.618. The number of carbonyl (C=O) groups is 1. The lowest BCUT2D eigenvalue weighted by atomic mass is 10.2. The fourth-order valence-corrected chi connectivity index (χ4v) is 0.618. The van der Waals surface area contributed by atoms with E-state index in [2.05, 4.69) is 0 Å². The minimum atomic E-state index is -0.376. The summed E-state index contributed by atoms with van der Waals surface area (Å²) >= 11 is 0. The molecular formula is C7H8N2O. The smallest absolute Gasteiger partial charge is 0.265 e. The zero-order valence-corrected chi connectivity index (χ0v) is 5.29. The van der Waals surface area contributed by atoms with Crippen molar-refractivity contribution >= 4 is 5.91 Å². The normalized spacial score (nSPS) is 10.3. The van der Waals surface area contributed by atoms with Crippen LogP contribution in [-0.4, -0.2) is 5.91 Å². The highest BCUT2D eigenvalue weighted by atomic mass is 16.2. The Morgan fingerprint density at radius 2 is 2.40 bits per heavy atom. The maximum absolute atomic E-state index is 10.8. The predicted molar refractivity (Wildman–Crippen MR) is 38.1 cm³/mol. The molecule has 1 amide bonds. The van der Waals surface area contributed by atoms with Crippen molar-refractivity contribution in [2.75, 3.05) is 0 Å². The Morgan fingerprint density at radius 1 is 1.60 bits per heavy atom. The van der Waals surface area contributed by atoms with Gasteiger partial charge in [-0.1, -0.05) is 18.2 Å². The molecule has 1 aromatic rings. The zero-order chi connectivity index (χ0) is 8.27. The zero-order valence-electron chi connectivity index (χ0n) is 6.29. The second-order valence-corrected chi connectivity index (χ2v) is 1.77. The largest absolute Gasteiger partial charge is 0.290 e. The molecule has 3 N–H and O–H groups in total. The molecule has 3 heteroatoms. The van der Waals surface area contributed by atoms with Crippen LogP contribution in [0.4, 0.5) is 0 Å². The number of benzene rings is 1. The van der Waals surface area contributed by atoms with Gasteiger partial charge in [-0.15, -0.1) is 0 Å². The van der Waals surface area contributed by atoms with Crippen molar-refractivity contribution in [3.05, 3.63) is 35.9 Å². The minimum absolute atomic E-state index is 0.297. The Hall–Kier alpha value is -1.35. The summed E-state index contributed by atoms with van der Waals surface area (Å²) in [5, 5.41) is 0. The molecular weight excluding hydrogens is 128 g/mol. The van der Waals surface area contributed by atoms with Gasteiger partial charge in [-0.25, -0.2) is 5.84 Å². The molecule has 0 aromatic heterocycles. The Balaban J connectivity index is 2.96. The molecule has 0 heterocycles. The molecule has 0 atom stereocenters. The molecule has 0 aliphatic heterocycles. The number of hydrogen-bond donors (Lipinski definition) is 2. The maximum Gasteiger partial charge on any atom is 0.265 e. The number of hydrogen-bond acceptors (Lipinski definition) is 2. The molecule has 0 unspecified atom stereocenters. The molecule has 0 fully saturated rings. The van der Waals surface area contributed by atoms with E-state index in [4.69, 9.17) is 7.21 Å². The summed E-state index contributed by atoms with van der Waals surface area (Å²) in [6, 6.07) is 6.56. The van der Waals surface area contributed by atoms with Gasteiger partial charge in [0, 0.05) is 5.56 Å². The summed E-state index contributed by atoms with van der Waals surface area (Å²) in [7, 11) is 0. The van der Waals surface area contributed by atoms with E-state index in [1.165, 1.54) is 6.07 Å². The first-order chi connectivity index (χ1) is 5.24. The van der Waals surface area contributed by atoms with Gasteiger partial charge in [0.1, 0.15) is 0 Å². The Labute approximate surface area is 60.2 Å². The van der Waals surface area contributed by atoms with Crippen molar-refractivity contribution in [3.63, 3.8) is 0 Å². The van der Waals surface area contributed by atoms with E-state index in [-0.39, 0.29) is 5.91 Å². The average Bonchev–Trinajstić information content (AvgIpc) is 2.03. The first-order valence-electron chi connectivity index (χ1n) is 3.31. The molecule has 0 spiro atoms. The molecule has 0 bridgehead atoms. The molecule has 0 aliphatic carbocycles. The van der Waals surface area contributed by atoms with E-state index in [1.807, 2.05) is 5.43 Å². The third kappa shape index (κ3) is 1.33. The van der Waals surface area contributed by atoms with Gasteiger partial charge in [-0.05, 0) is 12.1 Å². The maximum atomic E-state index is 10.8.